The van der Waals surface area contributed by atoms with Gasteiger partial charge in [0.15, 0.2) is 0 Å². The molecule has 2 N–H and O–H groups in total. The number of likely N-dealkylation sites (tertiary alicyclic amines) is 1. The number of ether oxygens (including phenoxy) is 1. The average Bonchev–Trinajstić information content (AvgIpc) is 3.32. The summed E-state index contributed by atoms with van der Waals surface area (Å²) in [7, 11) is 1.60. The van der Waals surface area contributed by atoms with Crippen LogP contribution in [-0.2, 0) is 6.42 Å². The van der Waals surface area contributed by atoms with Gasteiger partial charge in [-0.1, -0.05) is 29.8 Å². The van der Waals surface area contributed by atoms with E-state index in [4.69, 9.17) is 16.3 Å². The van der Waals surface area contributed by atoms with Gasteiger partial charge in [0.25, 0.3) is 5.91 Å². The van der Waals surface area contributed by atoms with Crippen molar-refractivity contribution in [3.63, 3.8) is 0 Å². The zero-order valence-electron chi connectivity index (χ0n) is 20.8. The molecule has 3 aromatic carbocycles. The van der Waals surface area contributed by atoms with Crippen molar-refractivity contribution in [3.8, 4) is 5.75 Å². The van der Waals surface area contributed by atoms with Gasteiger partial charge in [-0.25, -0.2) is 0 Å². The number of carbonyl (C=O) groups excluding carboxylic acids is 1. The highest BCUT2D eigenvalue weighted by Crippen LogP contribution is 2.34. The third-order valence-electron chi connectivity index (χ3n) is 7.34. The Balaban J connectivity index is 1.17. The molecule has 4 aromatic rings. The third-order valence-corrected chi connectivity index (χ3v) is 7.57. The van der Waals surface area contributed by atoms with Crippen LogP contribution < -0.4 is 10.1 Å². The molecule has 0 radical (unpaired) electrons. The number of aryl methyl sites for hydroxylation is 1. The number of aromatic nitrogens is 1. The molecule has 1 amide bonds. The minimum atomic E-state index is -0.134. The number of halogens is 1. The highest BCUT2D eigenvalue weighted by molar-refractivity contribution is 6.31. The minimum Gasteiger partial charge on any atom is -0.497 e. The maximum Gasteiger partial charge on any atom is 0.255 e. The Morgan fingerprint density at radius 1 is 1.11 bits per heavy atom. The molecule has 186 valence electrons. The van der Waals surface area contributed by atoms with E-state index in [1.54, 1.807) is 19.2 Å². The molecule has 1 saturated heterocycles. The molecular weight excluding hydrogens is 470 g/mol. The van der Waals surface area contributed by atoms with E-state index >= 15 is 0 Å². The second-order valence-corrected chi connectivity index (χ2v) is 10.1. The van der Waals surface area contributed by atoms with Crippen LogP contribution in [0.2, 0.25) is 5.02 Å². The average molecular weight is 502 g/mol. The van der Waals surface area contributed by atoms with E-state index in [-0.39, 0.29) is 5.91 Å². The summed E-state index contributed by atoms with van der Waals surface area (Å²) in [4.78, 5) is 18.7. The van der Waals surface area contributed by atoms with E-state index in [2.05, 4.69) is 46.5 Å². The Kier molecular flexibility index (Phi) is 7.30. The summed E-state index contributed by atoms with van der Waals surface area (Å²) in [5, 5.41) is 5.10. The number of benzene rings is 3. The molecule has 2 heterocycles. The summed E-state index contributed by atoms with van der Waals surface area (Å²) in [5.74, 6) is 1.11. The van der Waals surface area contributed by atoms with Crippen LogP contribution in [0.15, 0.2) is 66.9 Å². The SMILES string of the molecule is COc1cccc(C(=O)Nc2ccc(C)c(CCN3CCC(c4c[nH]c5cc(Cl)ccc45)CC3)c2)c1. The number of anilines is 1. The number of hydrogen-bond acceptors (Lipinski definition) is 3. The zero-order valence-corrected chi connectivity index (χ0v) is 21.6. The van der Waals surface area contributed by atoms with Crippen molar-refractivity contribution in [1.82, 2.24) is 9.88 Å². The molecule has 0 atom stereocenters. The Labute approximate surface area is 217 Å². The molecule has 0 bridgehead atoms. The molecular formula is C30H32ClN3O2. The van der Waals surface area contributed by atoms with Crippen molar-refractivity contribution in [2.24, 2.45) is 0 Å². The lowest BCUT2D eigenvalue weighted by Crippen LogP contribution is -2.34. The van der Waals surface area contributed by atoms with E-state index in [1.165, 1.54) is 22.1 Å². The van der Waals surface area contributed by atoms with Crippen LogP contribution in [0.25, 0.3) is 10.9 Å². The molecule has 0 spiro atoms. The molecule has 6 heteroatoms. The number of carbonyl (C=O) groups is 1. The largest absolute Gasteiger partial charge is 0.497 e. The van der Waals surface area contributed by atoms with Gasteiger partial charge >= 0.3 is 0 Å². The molecule has 36 heavy (non-hydrogen) atoms. The molecule has 1 fully saturated rings. The van der Waals surface area contributed by atoms with E-state index in [1.807, 2.05) is 30.3 Å². The molecule has 0 aliphatic carbocycles. The third kappa shape index (κ3) is 5.43. The second-order valence-electron chi connectivity index (χ2n) is 9.63. The summed E-state index contributed by atoms with van der Waals surface area (Å²) in [6.07, 6.45) is 5.44. The van der Waals surface area contributed by atoms with Gasteiger partial charge in [-0.05, 0) is 104 Å². The zero-order chi connectivity index (χ0) is 25.1. The maximum absolute atomic E-state index is 12.7. The van der Waals surface area contributed by atoms with E-state index in [0.29, 0.717) is 17.2 Å². The molecule has 1 aromatic heterocycles. The van der Waals surface area contributed by atoms with Crippen LogP contribution in [-0.4, -0.2) is 42.5 Å². The summed E-state index contributed by atoms with van der Waals surface area (Å²) in [6.45, 7) is 5.34. The number of amides is 1. The van der Waals surface area contributed by atoms with E-state index < -0.39 is 0 Å². The number of nitrogens with one attached hydrogen (secondary N) is 2. The lowest BCUT2D eigenvalue weighted by Gasteiger charge is -2.32. The molecule has 1 aliphatic heterocycles. The molecule has 1 aliphatic rings. The maximum atomic E-state index is 12.7. The van der Waals surface area contributed by atoms with Crippen molar-refractivity contribution >= 4 is 34.1 Å². The van der Waals surface area contributed by atoms with Gasteiger partial charge in [0.2, 0.25) is 0 Å². The lowest BCUT2D eigenvalue weighted by atomic mass is 9.89. The van der Waals surface area contributed by atoms with Crippen molar-refractivity contribution in [3.05, 3.63) is 94.1 Å². The van der Waals surface area contributed by atoms with Crippen molar-refractivity contribution < 1.29 is 9.53 Å². The van der Waals surface area contributed by atoms with Crippen LogP contribution in [0.1, 0.15) is 45.8 Å². The normalized spacial score (nSPS) is 14.8. The van der Waals surface area contributed by atoms with Gasteiger partial charge in [-0.2, -0.15) is 0 Å². The standard InChI is InChI=1S/C30H32ClN3O2/c1-20-6-8-25(33-30(35)23-4-3-5-26(17-23)36-2)16-22(20)12-15-34-13-10-21(11-14-34)28-19-32-29-18-24(31)7-9-27(28)29/h3-9,16-19,21,32H,10-15H2,1-2H3,(H,33,35). The predicted molar refractivity (Wildman–Crippen MR) is 148 cm³/mol. The Morgan fingerprint density at radius 2 is 1.94 bits per heavy atom. The van der Waals surface area contributed by atoms with Gasteiger partial charge in [0.05, 0.1) is 7.11 Å². The summed E-state index contributed by atoms with van der Waals surface area (Å²) < 4.78 is 5.24. The Morgan fingerprint density at radius 3 is 2.75 bits per heavy atom. The number of methoxy groups -OCH3 is 1. The molecule has 5 nitrogen and oxygen atoms in total. The quantitative estimate of drug-likeness (QED) is 0.292. The number of hydrogen-bond donors (Lipinski definition) is 2. The second kappa shape index (κ2) is 10.8. The molecule has 0 saturated carbocycles. The smallest absolute Gasteiger partial charge is 0.255 e. The highest BCUT2D eigenvalue weighted by atomic mass is 35.5. The monoisotopic (exact) mass is 501 g/mol. The van der Waals surface area contributed by atoms with E-state index in [0.717, 1.165) is 55.1 Å². The minimum absolute atomic E-state index is 0.134. The highest BCUT2D eigenvalue weighted by Gasteiger charge is 2.23. The summed E-state index contributed by atoms with van der Waals surface area (Å²) in [5.41, 5.74) is 6.46. The van der Waals surface area contributed by atoms with Crippen molar-refractivity contribution in [2.45, 2.75) is 32.1 Å². The van der Waals surface area contributed by atoms with E-state index in [9.17, 15) is 4.79 Å². The number of aromatic amines is 1. The topological polar surface area (TPSA) is 57.4 Å². The van der Waals surface area contributed by atoms with Gasteiger partial charge in [0.1, 0.15) is 5.75 Å². The van der Waals surface area contributed by atoms with Crippen LogP contribution >= 0.6 is 11.6 Å². The fraction of sp³-hybridized carbons (Fsp3) is 0.300. The fourth-order valence-corrected chi connectivity index (χ4v) is 5.36. The fourth-order valence-electron chi connectivity index (χ4n) is 5.19. The molecule has 0 unspecified atom stereocenters. The molecule has 5 rings (SSSR count). The number of H-pyrrole nitrogens is 1. The van der Waals surface area contributed by atoms with Gasteiger partial charge in [0, 0.05) is 39.9 Å². The first kappa shape index (κ1) is 24.4. The number of piperidine rings is 1. The predicted octanol–water partition coefficient (Wildman–Crippen LogP) is 6.81. The number of rotatable bonds is 7. The van der Waals surface area contributed by atoms with Crippen molar-refractivity contribution in [2.75, 3.05) is 32.1 Å². The summed E-state index contributed by atoms with van der Waals surface area (Å²) in [6, 6.07) is 19.5. The first-order valence-electron chi connectivity index (χ1n) is 12.5. The summed E-state index contributed by atoms with van der Waals surface area (Å²) >= 11 is 6.15. The number of fused-ring (bicyclic) bond motifs is 1. The van der Waals surface area contributed by atoms with Gasteiger partial charge in [-0.15, -0.1) is 0 Å². The van der Waals surface area contributed by atoms with Crippen LogP contribution in [0.3, 0.4) is 0 Å². The van der Waals surface area contributed by atoms with Crippen LogP contribution in [0.5, 0.6) is 5.75 Å². The van der Waals surface area contributed by atoms with Gasteiger partial charge < -0.3 is 19.9 Å². The van der Waals surface area contributed by atoms with Crippen LogP contribution in [0.4, 0.5) is 5.69 Å². The first-order chi connectivity index (χ1) is 17.5. The Bertz CT molecular complexity index is 1370. The number of nitrogens with zero attached hydrogens (tertiary/aromatic N) is 1. The first-order valence-corrected chi connectivity index (χ1v) is 12.9. The lowest BCUT2D eigenvalue weighted by molar-refractivity contribution is 0.102. The Hall–Kier alpha value is -3.28. The van der Waals surface area contributed by atoms with Gasteiger partial charge in [-0.3, -0.25) is 4.79 Å². The van der Waals surface area contributed by atoms with Crippen molar-refractivity contribution in [1.29, 1.82) is 0 Å². The van der Waals surface area contributed by atoms with Crippen LogP contribution in [0, 0.1) is 6.92 Å².